The second-order valence-corrected chi connectivity index (χ2v) is 6.94. The highest BCUT2D eigenvalue weighted by Gasteiger charge is 2.48. The van der Waals surface area contributed by atoms with E-state index in [0.717, 1.165) is 29.2 Å². The highest BCUT2D eigenvalue weighted by Crippen LogP contribution is 2.43. The molecule has 1 atom stereocenters. The molecule has 4 rings (SSSR count). The Kier molecular flexibility index (Phi) is 5.06. The lowest BCUT2D eigenvalue weighted by Gasteiger charge is -2.23. The molecule has 0 aliphatic carbocycles. The van der Waals surface area contributed by atoms with Crippen molar-refractivity contribution in [3.63, 3.8) is 0 Å². The molecule has 1 N–H and O–H groups in total. The molecule has 1 saturated heterocycles. The van der Waals surface area contributed by atoms with Crippen molar-refractivity contribution < 1.29 is 32.6 Å². The molecule has 1 unspecified atom stereocenters. The molecule has 2 aromatic carbocycles. The van der Waals surface area contributed by atoms with Gasteiger partial charge in [-0.25, -0.2) is 8.78 Å². The number of carbonyl (C=O) groups excluding carboxylic acids is 2. The molecule has 1 fully saturated rings. The van der Waals surface area contributed by atoms with Crippen molar-refractivity contribution in [2.75, 3.05) is 12.0 Å². The van der Waals surface area contributed by atoms with Crippen LogP contribution in [0.15, 0.2) is 64.6 Å². The topological polar surface area (TPSA) is 80.0 Å². The summed E-state index contributed by atoms with van der Waals surface area (Å²) in [6.07, 6.45) is 0. The molecule has 3 aromatic rings. The maximum absolute atomic E-state index is 13.9. The first-order valence-electron chi connectivity index (χ1n) is 9.28. The van der Waals surface area contributed by atoms with Crippen LogP contribution in [0, 0.1) is 18.6 Å². The lowest BCUT2D eigenvalue weighted by Crippen LogP contribution is -2.29. The number of ketones is 1. The number of benzene rings is 2. The third-order valence-electron chi connectivity index (χ3n) is 5.00. The van der Waals surface area contributed by atoms with Crippen LogP contribution in [0.5, 0.6) is 5.75 Å². The van der Waals surface area contributed by atoms with Crippen molar-refractivity contribution >= 4 is 23.1 Å². The van der Waals surface area contributed by atoms with E-state index >= 15 is 0 Å². The highest BCUT2D eigenvalue weighted by molar-refractivity contribution is 6.51. The highest BCUT2D eigenvalue weighted by atomic mass is 19.1. The largest absolute Gasteiger partial charge is 0.507 e. The number of hydrogen-bond donors (Lipinski definition) is 1. The third kappa shape index (κ3) is 3.46. The molecule has 8 heteroatoms. The van der Waals surface area contributed by atoms with E-state index in [2.05, 4.69) is 0 Å². The number of rotatable bonds is 4. The number of methoxy groups -OCH3 is 1. The Hall–Kier alpha value is -3.94. The zero-order valence-corrected chi connectivity index (χ0v) is 16.6. The zero-order chi connectivity index (χ0) is 22.3. The fraction of sp³-hybridized carbons (Fsp3) is 0.130. The Morgan fingerprint density at radius 2 is 1.71 bits per heavy atom. The monoisotopic (exact) mass is 425 g/mol. The molecule has 0 saturated carbocycles. The van der Waals surface area contributed by atoms with E-state index in [-0.39, 0.29) is 28.3 Å². The van der Waals surface area contributed by atoms with Gasteiger partial charge in [0.25, 0.3) is 11.7 Å². The minimum absolute atomic E-state index is 0.0899. The maximum atomic E-state index is 13.9. The van der Waals surface area contributed by atoms with Crippen molar-refractivity contribution in [2.45, 2.75) is 13.0 Å². The number of ether oxygens (including phenoxy) is 1. The predicted octanol–water partition coefficient (Wildman–Crippen LogP) is 4.50. The van der Waals surface area contributed by atoms with E-state index in [1.54, 1.807) is 19.1 Å². The predicted molar refractivity (Wildman–Crippen MR) is 108 cm³/mol. The summed E-state index contributed by atoms with van der Waals surface area (Å²) in [7, 11) is 1.33. The van der Waals surface area contributed by atoms with E-state index in [1.807, 2.05) is 0 Å². The Bertz CT molecular complexity index is 1210. The number of anilines is 1. The Balaban J connectivity index is 1.97. The fourth-order valence-corrected chi connectivity index (χ4v) is 3.58. The van der Waals surface area contributed by atoms with Gasteiger partial charge in [-0.3, -0.25) is 14.5 Å². The number of carbonyl (C=O) groups is 2. The Labute approximate surface area is 176 Å². The number of furan rings is 1. The number of amides is 1. The third-order valence-corrected chi connectivity index (χ3v) is 5.00. The van der Waals surface area contributed by atoms with Crippen LogP contribution in [-0.2, 0) is 9.59 Å². The SMILES string of the molecule is COc1ccc(F)cc1/C(O)=C1\C(=O)C(=O)N(c2ccc(F)cc2)C1c1ccc(C)o1. The van der Waals surface area contributed by atoms with E-state index in [4.69, 9.17) is 9.15 Å². The maximum Gasteiger partial charge on any atom is 0.300 e. The summed E-state index contributed by atoms with van der Waals surface area (Å²) in [4.78, 5) is 27.0. The van der Waals surface area contributed by atoms with Crippen LogP contribution >= 0.6 is 0 Å². The number of aliphatic hydroxyl groups is 1. The standard InChI is InChI=1S/C23H17F2NO5/c1-12-3-9-18(31-12)20-19(21(27)16-11-14(25)6-10-17(16)30-2)22(28)23(29)26(20)15-7-4-13(24)5-8-15/h3-11,20,27H,1-2H3/b21-19+. The molecule has 1 aromatic heterocycles. The van der Waals surface area contributed by atoms with Gasteiger partial charge in [0.05, 0.1) is 18.2 Å². The van der Waals surface area contributed by atoms with Gasteiger partial charge in [-0.15, -0.1) is 0 Å². The van der Waals surface area contributed by atoms with Crippen molar-refractivity contribution in [1.29, 1.82) is 0 Å². The number of aliphatic hydroxyl groups excluding tert-OH is 1. The van der Waals surface area contributed by atoms with E-state index < -0.39 is 35.1 Å². The smallest absolute Gasteiger partial charge is 0.300 e. The minimum Gasteiger partial charge on any atom is -0.507 e. The minimum atomic E-state index is -1.15. The van der Waals surface area contributed by atoms with Gasteiger partial charge in [0.2, 0.25) is 0 Å². The van der Waals surface area contributed by atoms with Crippen LogP contribution < -0.4 is 9.64 Å². The molecule has 6 nitrogen and oxygen atoms in total. The summed E-state index contributed by atoms with van der Waals surface area (Å²) in [6.45, 7) is 1.68. The van der Waals surface area contributed by atoms with Gasteiger partial charge in [0, 0.05) is 5.69 Å². The first-order chi connectivity index (χ1) is 14.8. The van der Waals surface area contributed by atoms with Crippen molar-refractivity contribution in [1.82, 2.24) is 0 Å². The molecule has 0 bridgehead atoms. The van der Waals surface area contributed by atoms with Crippen LogP contribution in [0.4, 0.5) is 14.5 Å². The van der Waals surface area contributed by atoms with E-state index in [1.165, 1.54) is 25.3 Å². The molecule has 0 spiro atoms. The van der Waals surface area contributed by atoms with E-state index in [0.29, 0.717) is 5.76 Å². The van der Waals surface area contributed by atoms with Crippen molar-refractivity contribution in [3.05, 3.63) is 88.9 Å². The molecule has 1 aliphatic rings. The number of nitrogens with zero attached hydrogens (tertiary/aromatic N) is 1. The molecule has 158 valence electrons. The van der Waals surface area contributed by atoms with Crippen LogP contribution in [0.25, 0.3) is 5.76 Å². The fourth-order valence-electron chi connectivity index (χ4n) is 3.58. The number of halogens is 2. The Morgan fingerprint density at radius 3 is 2.32 bits per heavy atom. The number of aryl methyl sites for hydroxylation is 1. The quantitative estimate of drug-likeness (QED) is 0.378. The molecule has 0 radical (unpaired) electrons. The molecular formula is C23H17F2NO5. The average Bonchev–Trinajstić information content (AvgIpc) is 3.29. The molecule has 2 heterocycles. The summed E-state index contributed by atoms with van der Waals surface area (Å²) >= 11 is 0. The molecule has 31 heavy (non-hydrogen) atoms. The first-order valence-corrected chi connectivity index (χ1v) is 9.28. The summed E-state index contributed by atoms with van der Waals surface area (Å²) in [6, 6.07) is 10.5. The van der Waals surface area contributed by atoms with Crippen molar-refractivity contribution in [2.24, 2.45) is 0 Å². The summed E-state index contributed by atoms with van der Waals surface area (Å²) < 4.78 is 38.2. The summed E-state index contributed by atoms with van der Waals surface area (Å²) in [5.41, 5.74) is -0.159. The summed E-state index contributed by atoms with van der Waals surface area (Å²) in [5.74, 6) is -2.90. The van der Waals surface area contributed by atoms with Crippen molar-refractivity contribution in [3.8, 4) is 5.75 Å². The first kappa shape index (κ1) is 20.3. The molecule has 1 aliphatic heterocycles. The van der Waals surface area contributed by atoms with E-state index in [9.17, 15) is 23.5 Å². The second-order valence-electron chi connectivity index (χ2n) is 6.94. The molecular weight excluding hydrogens is 408 g/mol. The van der Waals surface area contributed by atoms with Gasteiger partial charge in [0.1, 0.15) is 40.7 Å². The zero-order valence-electron chi connectivity index (χ0n) is 16.6. The summed E-state index contributed by atoms with van der Waals surface area (Å²) in [5, 5.41) is 11.0. The normalized spacial score (nSPS) is 17.9. The van der Waals surface area contributed by atoms with Gasteiger partial charge in [-0.2, -0.15) is 0 Å². The number of Topliss-reactive ketones (excluding diaryl/α,β-unsaturated/α-hetero) is 1. The Morgan fingerprint density at radius 1 is 1.03 bits per heavy atom. The van der Waals surface area contributed by atoms with Gasteiger partial charge < -0.3 is 14.3 Å². The van der Waals surface area contributed by atoms with Crippen LogP contribution in [0.2, 0.25) is 0 Å². The van der Waals surface area contributed by atoms with Crippen LogP contribution in [-0.4, -0.2) is 23.9 Å². The van der Waals surface area contributed by atoms with Gasteiger partial charge in [-0.1, -0.05) is 0 Å². The number of hydrogen-bond acceptors (Lipinski definition) is 5. The van der Waals surface area contributed by atoms with Gasteiger partial charge >= 0.3 is 0 Å². The lowest BCUT2D eigenvalue weighted by molar-refractivity contribution is -0.132. The van der Waals surface area contributed by atoms with Gasteiger partial charge in [-0.05, 0) is 61.5 Å². The lowest BCUT2D eigenvalue weighted by atomic mass is 9.98. The second kappa shape index (κ2) is 7.71. The van der Waals surface area contributed by atoms with Gasteiger partial charge in [0.15, 0.2) is 0 Å². The van der Waals surface area contributed by atoms with Crippen LogP contribution in [0.1, 0.15) is 23.1 Å². The average molecular weight is 425 g/mol. The molecule has 1 amide bonds. The van der Waals surface area contributed by atoms with Crippen LogP contribution in [0.3, 0.4) is 0 Å².